The zero-order chi connectivity index (χ0) is 22.8. The SMILES string of the molecule is COc1ccc(-n2nc(C(=O)Nc3c(F)cccc3F)c3ccccc3c2=O)c(OC)c1. The molecule has 0 atom stereocenters. The van der Waals surface area contributed by atoms with Crippen molar-refractivity contribution in [3.8, 4) is 17.2 Å². The van der Waals surface area contributed by atoms with Crippen LogP contribution in [-0.2, 0) is 0 Å². The maximum Gasteiger partial charge on any atom is 0.279 e. The number of methoxy groups -OCH3 is 2. The average Bonchev–Trinajstić information content (AvgIpc) is 2.81. The Hall–Kier alpha value is -4.27. The number of hydrogen-bond donors (Lipinski definition) is 1. The molecule has 7 nitrogen and oxygen atoms in total. The molecule has 4 aromatic rings. The van der Waals surface area contributed by atoms with Crippen molar-refractivity contribution in [2.75, 3.05) is 19.5 Å². The number of rotatable bonds is 5. The van der Waals surface area contributed by atoms with Crippen LogP contribution >= 0.6 is 0 Å². The molecule has 0 spiro atoms. The third kappa shape index (κ3) is 3.64. The average molecular weight is 437 g/mol. The highest BCUT2D eigenvalue weighted by Crippen LogP contribution is 2.28. The van der Waals surface area contributed by atoms with Gasteiger partial charge in [0.2, 0.25) is 0 Å². The molecule has 0 fully saturated rings. The summed E-state index contributed by atoms with van der Waals surface area (Å²) in [6.45, 7) is 0. The topological polar surface area (TPSA) is 82.5 Å². The molecule has 0 saturated carbocycles. The minimum atomic E-state index is -0.937. The highest BCUT2D eigenvalue weighted by Gasteiger charge is 2.21. The Kier molecular flexibility index (Phi) is 5.55. The minimum Gasteiger partial charge on any atom is -0.497 e. The van der Waals surface area contributed by atoms with Gasteiger partial charge in [-0.25, -0.2) is 8.78 Å². The third-order valence-corrected chi connectivity index (χ3v) is 4.84. The summed E-state index contributed by atoms with van der Waals surface area (Å²) in [5, 5.41) is 6.86. The number of carbonyl (C=O) groups excluding carboxylic acids is 1. The number of anilines is 1. The molecule has 0 aliphatic carbocycles. The molecule has 32 heavy (non-hydrogen) atoms. The first-order chi connectivity index (χ1) is 15.4. The molecule has 4 rings (SSSR count). The van der Waals surface area contributed by atoms with Crippen molar-refractivity contribution in [3.05, 3.63) is 88.3 Å². The van der Waals surface area contributed by atoms with Crippen LogP contribution in [0.3, 0.4) is 0 Å². The highest BCUT2D eigenvalue weighted by molar-refractivity contribution is 6.11. The van der Waals surface area contributed by atoms with Crippen LogP contribution in [0.25, 0.3) is 16.5 Å². The van der Waals surface area contributed by atoms with Gasteiger partial charge in [-0.05, 0) is 30.3 Å². The number of ether oxygens (including phenoxy) is 2. The molecular weight excluding hydrogens is 420 g/mol. The fourth-order valence-electron chi connectivity index (χ4n) is 3.27. The van der Waals surface area contributed by atoms with E-state index in [0.29, 0.717) is 5.75 Å². The number of halogens is 2. The smallest absolute Gasteiger partial charge is 0.279 e. The van der Waals surface area contributed by atoms with E-state index in [1.54, 1.807) is 30.3 Å². The summed E-state index contributed by atoms with van der Waals surface area (Å²) in [7, 11) is 2.90. The first-order valence-electron chi connectivity index (χ1n) is 9.44. The van der Waals surface area contributed by atoms with Crippen molar-refractivity contribution in [2.45, 2.75) is 0 Å². The molecule has 0 radical (unpaired) electrons. The Labute approximate surface area is 180 Å². The van der Waals surface area contributed by atoms with Gasteiger partial charge in [-0.2, -0.15) is 9.78 Å². The molecule has 1 aromatic heterocycles. The van der Waals surface area contributed by atoms with Crippen LogP contribution in [0.15, 0.2) is 65.5 Å². The summed E-state index contributed by atoms with van der Waals surface area (Å²) in [5.74, 6) is -1.99. The van der Waals surface area contributed by atoms with Crippen molar-refractivity contribution < 1.29 is 23.0 Å². The fraction of sp³-hybridized carbons (Fsp3) is 0.0870. The zero-order valence-electron chi connectivity index (χ0n) is 17.1. The van der Waals surface area contributed by atoms with Gasteiger partial charge in [0.05, 0.1) is 19.6 Å². The second-order valence-electron chi connectivity index (χ2n) is 6.70. The van der Waals surface area contributed by atoms with E-state index in [1.165, 1.54) is 32.4 Å². The van der Waals surface area contributed by atoms with E-state index in [2.05, 4.69) is 10.4 Å². The monoisotopic (exact) mass is 437 g/mol. The molecule has 0 bridgehead atoms. The lowest BCUT2D eigenvalue weighted by Gasteiger charge is -2.14. The molecule has 162 valence electrons. The third-order valence-electron chi connectivity index (χ3n) is 4.84. The largest absolute Gasteiger partial charge is 0.497 e. The number of para-hydroxylation sites is 1. The van der Waals surface area contributed by atoms with Gasteiger partial charge in [-0.15, -0.1) is 0 Å². The van der Waals surface area contributed by atoms with Crippen LogP contribution in [0.5, 0.6) is 11.5 Å². The maximum absolute atomic E-state index is 14.1. The van der Waals surface area contributed by atoms with Crippen molar-refractivity contribution in [2.24, 2.45) is 0 Å². The standard InChI is InChI=1S/C23H17F2N3O4/c1-31-13-10-11-18(19(12-13)32-2)28-23(30)15-7-4-3-6-14(15)20(27-28)22(29)26-21-16(24)8-5-9-17(21)25/h3-12H,1-2H3,(H,26,29). The van der Waals surface area contributed by atoms with E-state index in [9.17, 15) is 18.4 Å². The maximum atomic E-state index is 14.1. The Bertz CT molecular complexity index is 1380. The van der Waals surface area contributed by atoms with E-state index in [0.717, 1.165) is 16.8 Å². The predicted molar refractivity (Wildman–Crippen MR) is 115 cm³/mol. The van der Waals surface area contributed by atoms with Crippen LogP contribution in [0.1, 0.15) is 10.5 Å². The number of aromatic nitrogens is 2. The van der Waals surface area contributed by atoms with Crippen LogP contribution < -0.4 is 20.3 Å². The highest BCUT2D eigenvalue weighted by atomic mass is 19.1. The number of amides is 1. The summed E-state index contributed by atoms with van der Waals surface area (Å²) in [5.41, 5.74) is -1.04. The molecule has 1 amide bonds. The molecule has 1 heterocycles. The van der Waals surface area contributed by atoms with Crippen LogP contribution in [0, 0.1) is 11.6 Å². The summed E-state index contributed by atoms with van der Waals surface area (Å²) in [6, 6.07) is 14.3. The van der Waals surface area contributed by atoms with Crippen molar-refractivity contribution in [1.29, 1.82) is 0 Å². The van der Waals surface area contributed by atoms with E-state index in [1.807, 2.05) is 0 Å². The first kappa shape index (κ1) is 21.0. The van der Waals surface area contributed by atoms with Crippen molar-refractivity contribution in [3.63, 3.8) is 0 Å². The second-order valence-corrected chi connectivity index (χ2v) is 6.70. The molecule has 1 N–H and O–H groups in total. The zero-order valence-corrected chi connectivity index (χ0v) is 17.1. The van der Waals surface area contributed by atoms with E-state index in [-0.39, 0.29) is 27.9 Å². The summed E-state index contributed by atoms with van der Waals surface area (Å²) in [6.07, 6.45) is 0. The van der Waals surface area contributed by atoms with Crippen molar-refractivity contribution >= 4 is 22.4 Å². The number of hydrogen-bond acceptors (Lipinski definition) is 5. The van der Waals surface area contributed by atoms with Gasteiger partial charge < -0.3 is 14.8 Å². The Morgan fingerprint density at radius 3 is 2.28 bits per heavy atom. The number of benzene rings is 3. The summed E-state index contributed by atoms with van der Waals surface area (Å²) >= 11 is 0. The van der Waals surface area contributed by atoms with Crippen molar-refractivity contribution in [1.82, 2.24) is 9.78 Å². The van der Waals surface area contributed by atoms with Gasteiger partial charge in [-0.1, -0.05) is 24.3 Å². The van der Waals surface area contributed by atoms with Gasteiger partial charge in [-0.3, -0.25) is 9.59 Å². The second kappa shape index (κ2) is 8.46. The Balaban J connectivity index is 1.92. The van der Waals surface area contributed by atoms with Gasteiger partial charge in [0, 0.05) is 11.5 Å². The minimum absolute atomic E-state index is 0.194. The number of fused-ring (bicyclic) bond motifs is 1. The quantitative estimate of drug-likeness (QED) is 0.512. The lowest BCUT2D eigenvalue weighted by atomic mass is 10.1. The number of nitrogens with zero attached hydrogens (tertiary/aromatic N) is 2. The lowest BCUT2D eigenvalue weighted by Crippen LogP contribution is -2.27. The van der Waals surface area contributed by atoms with E-state index >= 15 is 0 Å². The number of nitrogens with one attached hydrogen (secondary N) is 1. The van der Waals surface area contributed by atoms with Gasteiger partial charge in [0.1, 0.15) is 34.5 Å². The molecule has 0 aliphatic heterocycles. The van der Waals surface area contributed by atoms with Gasteiger partial charge >= 0.3 is 0 Å². The summed E-state index contributed by atoms with van der Waals surface area (Å²) in [4.78, 5) is 26.2. The predicted octanol–water partition coefficient (Wildman–Crippen LogP) is 3.93. The van der Waals surface area contributed by atoms with E-state index < -0.39 is 28.8 Å². The van der Waals surface area contributed by atoms with E-state index in [4.69, 9.17) is 9.47 Å². The molecule has 9 heteroatoms. The molecule has 0 aliphatic rings. The Morgan fingerprint density at radius 2 is 1.62 bits per heavy atom. The number of carbonyl (C=O) groups is 1. The normalized spacial score (nSPS) is 10.8. The Morgan fingerprint density at radius 1 is 0.938 bits per heavy atom. The van der Waals surface area contributed by atoms with Crippen LogP contribution in [0.4, 0.5) is 14.5 Å². The lowest BCUT2D eigenvalue weighted by molar-refractivity contribution is 0.102. The van der Waals surface area contributed by atoms with Gasteiger partial charge in [0.25, 0.3) is 11.5 Å². The first-order valence-corrected chi connectivity index (χ1v) is 9.44. The molecule has 0 saturated heterocycles. The van der Waals surface area contributed by atoms with Gasteiger partial charge in [0.15, 0.2) is 5.69 Å². The molecule has 3 aromatic carbocycles. The van der Waals surface area contributed by atoms with Crippen LogP contribution in [0.2, 0.25) is 0 Å². The fourth-order valence-corrected chi connectivity index (χ4v) is 3.27. The van der Waals surface area contributed by atoms with Crippen LogP contribution in [-0.4, -0.2) is 29.9 Å². The summed E-state index contributed by atoms with van der Waals surface area (Å²) < 4.78 is 39.7. The molecular formula is C23H17F2N3O4. The molecule has 0 unspecified atom stereocenters.